The van der Waals surface area contributed by atoms with Crippen molar-refractivity contribution in [3.05, 3.63) is 29.8 Å². The van der Waals surface area contributed by atoms with E-state index in [4.69, 9.17) is 9.84 Å². The van der Waals surface area contributed by atoms with Crippen LogP contribution in [0.1, 0.15) is 46.1 Å². The molecule has 0 aliphatic carbocycles. The van der Waals surface area contributed by atoms with Crippen LogP contribution >= 0.6 is 0 Å². The van der Waals surface area contributed by atoms with E-state index in [2.05, 4.69) is 19.2 Å². The van der Waals surface area contributed by atoms with E-state index in [1.807, 2.05) is 38.1 Å². The van der Waals surface area contributed by atoms with Crippen molar-refractivity contribution in [3.63, 3.8) is 0 Å². The maximum absolute atomic E-state index is 12.3. The summed E-state index contributed by atoms with van der Waals surface area (Å²) in [6, 6.07) is 7.54. The molecule has 1 aromatic carbocycles. The number of hydrogen-bond donors (Lipinski definition) is 2. The topological polar surface area (TPSA) is 75.6 Å². The van der Waals surface area contributed by atoms with Gasteiger partial charge in [0.05, 0.1) is 12.0 Å². The highest BCUT2D eigenvalue weighted by molar-refractivity contribution is 5.87. The summed E-state index contributed by atoms with van der Waals surface area (Å²) in [5.74, 6) is 0.289. The number of carbonyl (C=O) groups is 2. The minimum absolute atomic E-state index is 0.0581. The molecule has 1 aromatic rings. The number of rotatable bonds is 9. The minimum atomic E-state index is -0.851. The molecule has 0 saturated heterocycles. The van der Waals surface area contributed by atoms with E-state index in [0.717, 1.165) is 11.3 Å². The molecule has 23 heavy (non-hydrogen) atoms. The van der Waals surface area contributed by atoms with Gasteiger partial charge in [-0.1, -0.05) is 26.0 Å². The van der Waals surface area contributed by atoms with Gasteiger partial charge in [-0.25, -0.2) is 0 Å². The molecule has 5 heteroatoms. The highest BCUT2D eigenvalue weighted by atomic mass is 16.5. The van der Waals surface area contributed by atoms with Gasteiger partial charge in [0.15, 0.2) is 0 Å². The number of nitrogens with one attached hydrogen (secondary N) is 1. The van der Waals surface area contributed by atoms with Crippen molar-refractivity contribution in [2.75, 3.05) is 13.2 Å². The quantitative estimate of drug-likeness (QED) is 0.686. The molecule has 1 amide bonds. The predicted molar refractivity (Wildman–Crippen MR) is 89.7 cm³/mol. The van der Waals surface area contributed by atoms with Crippen LogP contribution in [0.2, 0.25) is 0 Å². The summed E-state index contributed by atoms with van der Waals surface area (Å²) in [5.41, 5.74) is 0.213. The van der Waals surface area contributed by atoms with Crippen LogP contribution in [0, 0.1) is 5.92 Å². The summed E-state index contributed by atoms with van der Waals surface area (Å²) in [5, 5.41) is 11.4. The lowest BCUT2D eigenvalue weighted by atomic mass is 9.83. The van der Waals surface area contributed by atoms with Crippen molar-refractivity contribution >= 4 is 11.9 Å². The molecule has 0 aliphatic heterocycles. The molecule has 0 saturated carbocycles. The molecule has 0 fully saturated rings. The molecule has 0 heterocycles. The van der Waals surface area contributed by atoms with Crippen LogP contribution in [-0.2, 0) is 15.0 Å². The second kappa shape index (κ2) is 8.56. The first kappa shape index (κ1) is 19.0. The number of carbonyl (C=O) groups excluding carboxylic acids is 1. The summed E-state index contributed by atoms with van der Waals surface area (Å²) < 4.78 is 5.64. The summed E-state index contributed by atoms with van der Waals surface area (Å²) in [4.78, 5) is 22.8. The Kier molecular flexibility index (Phi) is 7.07. The summed E-state index contributed by atoms with van der Waals surface area (Å²) in [6.07, 6.45) is 0.488. The van der Waals surface area contributed by atoms with E-state index in [-0.39, 0.29) is 12.3 Å². The fraction of sp³-hybridized carbons (Fsp3) is 0.556. The molecule has 0 bridgehead atoms. The minimum Gasteiger partial charge on any atom is -0.493 e. The molecule has 0 atom stereocenters. The fourth-order valence-corrected chi connectivity index (χ4v) is 2.02. The van der Waals surface area contributed by atoms with Crippen LogP contribution in [0.15, 0.2) is 24.3 Å². The zero-order valence-electron chi connectivity index (χ0n) is 14.4. The second-order valence-electron chi connectivity index (χ2n) is 6.61. The molecular formula is C18H27NO4. The van der Waals surface area contributed by atoms with Crippen LogP contribution in [-0.4, -0.2) is 30.1 Å². The molecule has 1 rings (SSSR count). The first-order valence-electron chi connectivity index (χ1n) is 7.97. The van der Waals surface area contributed by atoms with Crippen molar-refractivity contribution in [2.24, 2.45) is 5.92 Å². The van der Waals surface area contributed by atoms with Crippen molar-refractivity contribution in [2.45, 2.75) is 46.0 Å². The number of carboxylic acid groups (broad SMARTS) is 1. The maximum Gasteiger partial charge on any atom is 0.303 e. The molecule has 0 aliphatic rings. The molecule has 0 radical (unpaired) electrons. The maximum atomic E-state index is 12.3. The summed E-state index contributed by atoms with van der Waals surface area (Å²) >= 11 is 0. The van der Waals surface area contributed by atoms with E-state index < -0.39 is 11.4 Å². The van der Waals surface area contributed by atoms with Gasteiger partial charge < -0.3 is 15.2 Å². The lowest BCUT2D eigenvalue weighted by Crippen LogP contribution is -2.40. The predicted octanol–water partition coefficient (Wildman–Crippen LogP) is 2.98. The zero-order chi connectivity index (χ0) is 17.5. The molecular weight excluding hydrogens is 294 g/mol. The van der Waals surface area contributed by atoms with Crippen LogP contribution in [0.4, 0.5) is 0 Å². The van der Waals surface area contributed by atoms with Gasteiger partial charge in [-0.2, -0.15) is 0 Å². The number of hydrogen-bond acceptors (Lipinski definition) is 3. The Labute approximate surface area is 138 Å². The van der Waals surface area contributed by atoms with Gasteiger partial charge in [0.1, 0.15) is 5.75 Å². The molecule has 5 nitrogen and oxygen atoms in total. The van der Waals surface area contributed by atoms with E-state index >= 15 is 0 Å². The van der Waals surface area contributed by atoms with E-state index in [0.29, 0.717) is 25.5 Å². The SMILES string of the molecule is CC(C)COc1ccc(C(C)(C)C(=O)NCCCC(=O)O)cc1. The van der Waals surface area contributed by atoms with Gasteiger partial charge in [-0.05, 0) is 43.9 Å². The second-order valence-corrected chi connectivity index (χ2v) is 6.61. The Morgan fingerprint density at radius 1 is 1.22 bits per heavy atom. The number of carboxylic acids is 1. The third-order valence-electron chi connectivity index (χ3n) is 3.58. The average molecular weight is 321 g/mol. The normalized spacial score (nSPS) is 11.3. The largest absolute Gasteiger partial charge is 0.493 e. The number of benzene rings is 1. The molecule has 0 spiro atoms. The molecule has 0 unspecified atom stereocenters. The third kappa shape index (κ3) is 6.30. The summed E-state index contributed by atoms with van der Waals surface area (Å²) in [6.45, 7) is 8.91. The lowest BCUT2D eigenvalue weighted by molar-refractivity contribution is -0.137. The Morgan fingerprint density at radius 2 is 1.83 bits per heavy atom. The van der Waals surface area contributed by atoms with Gasteiger partial charge >= 0.3 is 5.97 Å². The number of ether oxygens (including phenoxy) is 1. The smallest absolute Gasteiger partial charge is 0.303 e. The highest BCUT2D eigenvalue weighted by Gasteiger charge is 2.29. The van der Waals surface area contributed by atoms with Gasteiger partial charge in [0, 0.05) is 13.0 Å². The Bertz CT molecular complexity index is 520. The van der Waals surface area contributed by atoms with Crippen molar-refractivity contribution in [3.8, 4) is 5.75 Å². The Morgan fingerprint density at radius 3 is 2.35 bits per heavy atom. The zero-order valence-corrected chi connectivity index (χ0v) is 14.4. The van der Waals surface area contributed by atoms with Crippen molar-refractivity contribution < 1.29 is 19.4 Å². The van der Waals surface area contributed by atoms with Crippen LogP contribution in [0.25, 0.3) is 0 Å². The fourth-order valence-electron chi connectivity index (χ4n) is 2.02. The van der Waals surface area contributed by atoms with Gasteiger partial charge in [-0.15, -0.1) is 0 Å². The first-order valence-corrected chi connectivity index (χ1v) is 7.97. The first-order chi connectivity index (χ1) is 10.7. The van der Waals surface area contributed by atoms with Crippen molar-refractivity contribution in [1.29, 1.82) is 0 Å². The van der Waals surface area contributed by atoms with Crippen LogP contribution in [0.5, 0.6) is 5.75 Å². The average Bonchev–Trinajstić information content (AvgIpc) is 2.49. The molecule has 128 valence electrons. The lowest BCUT2D eigenvalue weighted by Gasteiger charge is -2.24. The Balaban J connectivity index is 2.60. The van der Waals surface area contributed by atoms with Crippen LogP contribution < -0.4 is 10.1 Å². The third-order valence-corrected chi connectivity index (χ3v) is 3.58. The van der Waals surface area contributed by atoms with Gasteiger partial charge in [-0.3, -0.25) is 9.59 Å². The standard InChI is InChI=1S/C18H27NO4/c1-13(2)12-23-15-9-7-14(8-10-15)18(3,4)17(22)19-11-5-6-16(20)21/h7-10,13H,5-6,11-12H2,1-4H3,(H,19,22)(H,20,21). The van der Waals surface area contributed by atoms with E-state index in [1.54, 1.807) is 0 Å². The van der Waals surface area contributed by atoms with Crippen LogP contribution in [0.3, 0.4) is 0 Å². The highest BCUT2D eigenvalue weighted by Crippen LogP contribution is 2.25. The number of aliphatic carboxylic acids is 1. The van der Waals surface area contributed by atoms with E-state index in [1.165, 1.54) is 0 Å². The molecule has 0 aromatic heterocycles. The van der Waals surface area contributed by atoms with Crippen molar-refractivity contribution in [1.82, 2.24) is 5.32 Å². The Hall–Kier alpha value is -2.04. The van der Waals surface area contributed by atoms with Gasteiger partial charge in [0.2, 0.25) is 5.91 Å². The monoisotopic (exact) mass is 321 g/mol. The van der Waals surface area contributed by atoms with Gasteiger partial charge in [0.25, 0.3) is 0 Å². The summed E-state index contributed by atoms with van der Waals surface area (Å²) in [7, 11) is 0. The number of amides is 1. The molecule has 2 N–H and O–H groups in total. The van der Waals surface area contributed by atoms with E-state index in [9.17, 15) is 9.59 Å².